The molecule has 3 aromatic rings. The quantitative estimate of drug-likeness (QED) is 0.516. The molecule has 13 heteroatoms. The lowest BCUT2D eigenvalue weighted by molar-refractivity contribution is 0.306. The Hall–Kier alpha value is -3.12. The molecule has 0 amide bonds. The number of ether oxygens (including phenoxy) is 1. The van der Waals surface area contributed by atoms with Crippen molar-refractivity contribution >= 4 is 50.6 Å². The van der Waals surface area contributed by atoms with E-state index in [0.717, 1.165) is 6.26 Å². The average molecular weight is 426 g/mol. The Bertz CT molecular complexity index is 1100. The van der Waals surface area contributed by atoms with E-state index in [-0.39, 0.29) is 22.5 Å². The molecule has 0 saturated carbocycles. The molecule has 0 atom stereocenters. The number of nitrogens with one attached hydrogen (secondary N) is 3. The van der Waals surface area contributed by atoms with Gasteiger partial charge in [0.25, 0.3) is 0 Å². The largest absolute Gasteiger partial charge is 0.497 e. The Kier molecular flexibility index (Phi) is 5.51. The van der Waals surface area contributed by atoms with Gasteiger partial charge in [-0.05, 0) is 24.2 Å². The summed E-state index contributed by atoms with van der Waals surface area (Å²) in [6.07, 6.45) is 2.43. The van der Waals surface area contributed by atoms with Crippen LogP contribution in [0.4, 0.5) is 29.0 Å². The zero-order valence-corrected chi connectivity index (χ0v) is 16.6. The molecule has 0 aliphatic carbocycles. The smallest absolute Gasteiger partial charge is 0.230 e. The van der Waals surface area contributed by atoms with Gasteiger partial charge in [-0.1, -0.05) is 16.8 Å². The molecule has 0 bridgehead atoms. The van der Waals surface area contributed by atoms with Crippen LogP contribution in [0.3, 0.4) is 0 Å². The van der Waals surface area contributed by atoms with Crippen LogP contribution in [0.1, 0.15) is 5.69 Å². The minimum Gasteiger partial charge on any atom is -0.497 e. The summed E-state index contributed by atoms with van der Waals surface area (Å²) in [5.74, 6) is 1.27. The molecule has 148 valence electrons. The zero-order chi connectivity index (χ0) is 20.3. The van der Waals surface area contributed by atoms with E-state index < -0.39 is 10.0 Å². The Morgan fingerprint density at radius 1 is 1.14 bits per heavy atom. The molecule has 11 nitrogen and oxygen atoms in total. The van der Waals surface area contributed by atoms with Crippen molar-refractivity contribution in [1.29, 1.82) is 0 Å². The summed E-state index contributed by atoms with van der Waals surface area (Å²) in [6, 6.07) is 4.82. The van der Waals surface area contributed by atoms with Gasteiger partial charge in [-0.2, -0.15) is 4.98 Å². The maximum atomic E-state index is 11.7. The number of nitrogens with zero attached hydrogens (tertiary/aromatic N) is 4. The predicted molar refractivity (Wildman–Crippen MR) is 104 cm³/mol. The molecule has 0 radical (unpaired) electrons. The number of aryl methyl sites for hydroxylation is 1. The van der Waals surface area contributed by atoms with Gasteiger partial charge in [0.2, 0.25) is 21.8 Å². The van der Waals surface area contributed by atoms with E-state index in [1.165, 1.54) is 19.4 Å². The third kappa shape index (κ3) is 4.78. The van der Waals surface area contributed by atoms with E-state index in [4.69, 9.17) is 16.3 Å². The highest BCUT2D eigenvalue weighted by Gasteiger charge is 2.14. The van der Waals surface area contributed by atoms with Gasteiger partial charge in [-0.15, -0.1) is 0 Å². The van der Waals surface area contributed by atoms with Crippen molar-refractivity contribution in [3.05, 3.63) is 35.1 Å². The van der Waals surface area contributed by atoms with E-state index in [0.29, 0.717) is 22.9 Å². The van der Waals surface area contributed by atoms with Gasteiger partial charge in [0.15, 0.2) is 5.82 Å². The van der Waals surface area contributed by atoms with Crippen LogP contribution >= 0.6 is 11.6 Å². The highest BCUT2D eigenvalue weighted by Crippen LogP contribution is 2.32. The number of rotatable bonds is 7. The molecule has 0 aliphatic heterocycles. The highest BCUT2D eigenvalue weighted by molar-refractivity contribution is 7.92. The van der Waals surface area contributed by atoms with Crippen LogP contribution in [0, 0.1) is 6.92 Å². The van der Waals surface area contributed by atoms with E-state index >= 15 is 0 Å². The number of methoxy groups -OCH3 is 1. The van der Waals surface area contributed by atoms with Gasteiger partial charge >= 0.3 is 0 Å². The first-order chi connectivity index (χ1) is 13.2. The number of hydrogen-bond acceptors (Lipinski definition) is 10. The fourth-order valence-electron chi connectivity index (χ4n) is 2.14. The topological polar surface area (TPSA) is 144 Å². The SMILES string of the molecule is COc1ccc(Nc2nc(Nc3nonc3C)ncc2Cl)c(NS(C)(=O)=O)c1. The molecule has 2 heterocycles. The number of hydrogen-bond donors (Lipinski definition) is 3. The van der Waals surface area contributed by atoms with Crippen molar-refractivity contribution in [2.75, 3.05) is 28.7 Å². The molecule has 28 heavy (non-hydrogen) atoms. The summed E-state index contributed by atoms with van der Waals surface area (Å²) < 4.78 is 35.5. The second-order valence-corrected chi connectivity index (χ2v) is 7.78. The van der Waals surface area contributed by atoms with Crippen molar-refractivity contribution in [3.63, 3.8) is 0 Å². The fourth-order valence-corrected chi connectivity index (χ4v) is 2.84. The molecule has 0 unspecified atom stereocenters. The van der Waals surface area contributed by atoms with Gasteiger partial charge in [0, 0.05) is 6.07 Å². The van der Waals surface area contributed by atoms with Gasteiger partial charge in [-0.25, -0.2) is 18.0 Å². The minimum atomic E-state index is -3.52. The van der Waals surface area contributed by atoms with Crippen LogP contribution in [-0.2, 0) is 10.0 Å². The number of halogens is 1. The standard InChI is InChI=1S/C15H16ClN7O4S/c1-8-13(22-27-21-8)19-15-17-7-10(16)14(20-15)18-11-5-4-9(26-2)6-12(11)23-28(3,24)25/h4-7,23H,1-3H3,(H2,17,18,19,20,22). The lowest BCUT2D eigenvalue weighted by Crippen LogP contribution is -2.11. The summed E-state index contributed by atoms with van der Waals surface area (Å²) in [4.78, 5) is 8.35. The van der Waals surface area contributed by atoms with Crippen LogP contribution < -0.4 is 20.1 Å². The van der Waals surface area contributed by atoms with Crippen molar-refractivity contribution in [2.24, 2.45) is 0 Å². The summed E-state index contributed by atoms with van der Waals surface area (Å²) >= 11 is 6.18. The van der Waals surface area contributed by atoms with Crippen LogP contribution in [0.2, 0.25) is 5.02 Å². The number of benzene rings is 1. The number of aromatic nitrogens is 4. The van der Waals surface area contributed by atoms with E-state index in [1.54, 1.807) is 19.1 Å². The normalized spacial score (nSPS) is 11.1. The summed E-state index contributed by atoms with van der Waals surface area (Å²) in [6.45, 7) is 1.70. The molecule has 0 fully saturated rings. The average Bonchev–Trinajstić information content (AvgIpc) is 3.02. The van der Waals surface area contributed by atoms with Gasteiger partial charge in [0.05, 0.1) is 30.9 Å². The number of sulfonamides is 1. The summed E-state index contributed by atoms with van der Waals surface area (Å²) in [5, 5.41) is 13.4. The van der Waals surface area contributed by atoms with Crippen molar-refractivity contribution in [1.82, 2.24) is 20.3 Å². The van der Waals surface area contributed by atoms with Gasteiger partial charge in [-0.3, -0.25) is 4.72 Å². The molecular formula is C15H16ClN7O4S. The molecule has 2 aromatic heterocycles. The Balaban J connectivity index is 1.92. The van der Waals surface area contributed by atoms with Crippen molar-refractivity contribution < 1.29 is 17.8 Å². The van der Waals surface area contributed by atoms with E-state index in [1.807, 2.05) is 0 Å². The first kappa shape index (κ1) is 19.6. The molecule has 0 spiro atoms. The summed E-state index contributed by atoms with van der Waals surface area (Å²) in [5.41, 5.74) is 1.21. The molecule has 0 aliphatic rings. The van der Waals surface area contributed by atoms with Crippen LogP contribution in [0.25, 0.3) is 0 Å². The molecule has 0 saturated heterocycles. The van der Waals surface area contributed by atoms with Crippen LogP contribution in [0.5, 0.6) is 5.75 Å². The molecule has 3 rings (SSSR count). The third-order valence-electron chi connectivity index (χ3n) is 3.40. The van der Waals surface area contributed by atoms with Crippen LogP contribution in [-0.4, -0.2) is 42.1 Å². The lowest BCUT2D eigenvalue weighted by Gasteiger charge is -2.15. The van der Waals surface area contributed by atoms with Gasteiger partial charge in [0.1, 0.15) is 16.5 Å². The Morgan fingerprint density at radius 3 is 2.57 bits per heavy atom. The minimum absolute atomic E-state index is 0.192. The van der Waals surface area contributed by atoms with Gasteiger partial charge < -0.3 is 15.4 Å². The Labute approximate surface area is 165 Å². The molecule has 1 aromatic carbocycles. The number of anilines is 5. The lowest BCUT2D eigenvalue weighted by atomic mass is 10.2. The second-order valence-electron chi connectivity index (χ2n) is 5.62. The first-order valence-electron chi connectivity index (χ1n) is 7.77. The molecule has 3 N–H and O–H groups in total. The third-order valence-corrected chi connectivity index (χ3v) is 4.27. The van der Waals surface area contributed by atoms with Crippen LogP contribution in [0.15, 0.2) is 29.0 Å². The second kappa shape index (κ2) is 7.86. The van der Waals surface area contributed by atoms with E-state index in [2.05, 4.69) is 40.3 Å². The zero-order valence-electron chi connectivity index (χ0n) is 15.0. The Morgan fingerprint density at radius 2 is 1.93 bits per heavy atom. The molecular weight excluding hydrogens is 410 g/mol. The fraction of sp³-hybridized carbons (Fsp3) is 0.200. The maximum absolute atomic E-state index is 11.7. The first-order valence-corrected chi connectivity index (χ1v) is 10.0. The van der Waals surface area contributed by atoms with Crippen molar-refractivity contribution in [3.8, 4) is 5.75 Å². The monoisotopic (exact) mass is 425 g/mol. The maximum Gasteiger partial charge on any atom is 0.230 e. The van der Waals surface area contributed by atoms with Crippen molar-refractivity contribution in [2.45, 2.75) is 6.92 Å². The summed E-state index contributed by atoms with van der Waals surface area (Å²) in [7, 11) is -2.04. The predicted octanol–water partition coefficient (Wildman–Crippen LogP) is 2.69. The highest BCUT2D eigenvalue weighted by atomic mass is 35.5. The van der Waals surface area contributed by atoms with E-state index in [9.17, 15) is 8.42 Å².